The van der Waals surface area contributed by atoms with Crippen molar-refractivity contribution >= 4 is 5.97 Å². The van der Waals surface area contributed by atoms with E-state index in [0.29, 0.717) is 18.4 Å². The predicted octanol–water partition coefficient (Wildman–Crippen LogP) is 4.46. The van der Waals surface area contributed by atoms with Crippen LogP contribution in [0.15, 0.2) is 48.5 Å². The molecule has 0 bridgehead atoms. The molecule has 22 heavy (non-hydrogen) atoms. The highest BCUT2D eigenvalue weighted by molar-refractivity contribution is 5.91. The smallest absolute Gasteiger partial charge is 0.369 e. The van der Waals surface area contributed by atoms with Gasteiger partial charge in [-0.15, -0.1) is 13.2 Å². The van der Waals surface area contributed by atoms with E-state index in [-0.39, 0.29) is 5.56 Å². The van der Waals surface area contributed by atoms with Crippen molar-refractivity contribution in [2.75, 3.05) is 0 Å². The molecule has 2 nitrogen and oxygen atoms in total. The van der Waals surface area contributed by atoms with Gasteiger partial charge in [0.05, 0.1) is 5.56 Å². The molecule has 0 unspecified atom stereocenters. The number of esters is 1. The number of rotatable bonds is 4. The Kier molecular flexibility index (Phi) is 4.85. The molecule has 0 aromatic heterocycles. The highest BCUT2D eigenvalue weighted by atomic mass is 19.4. The summed E-state index contributed by atoms with van der Waals surface area (Å²) in [4.78, 5) is 11.6. The number of benzene rings is 2. The van der Waals surface area contributed by atoms with Crippen molar-refractivity contribution in [2.24, 2.45) is 0 Å². The van der Waals surface area contributed by atoms with Crippen LogP contribution in [0.1, 0.15) is 27.0 Å². The van der Waals surface area contributed by atoms with E-state index in [1.54, 1.807) is 12.1 Å². The van der Waals surface area contributed by atoms with Crippen molar-refractivity contribution in [1.29, 1.82) is 0 Å². The van der Waals surface area contributed by atoms with Gasteiger partial charge in [-0.05, 0) is 42.5 Å². The highest BCUT2D eigenvalue weighted by Gasteiger charge is 2.34. The van der Waals surface area contributed by atoms with Crippen LogP contribution in [0.2, 0.25) is 0 Å². The maximum absolute atomic E-state index is 12.2. The Hall–Kier alpha value is -2.30. The lowest BCUT2D eigenvalue weighted by Gasteiger charge is -2.11. The molecule has 0 aliphatic heterocycles. The molecule has 0 atom stereocenters. The van der Waals surface area contributed by atoms with Crippen LogP contribution in [0, 0.1) is 6.92 Å². The standard InChI is InChI=1S/C17H15F3O2/c1-12-6-2-3-7-13(12)10-11-14-8-4-5-9-15(14)16(21)22-17(18,19)20/h2-9H,10-11H2,1H3. The molecule has 0 N–H and O–H groups in total. The van der Waals surface area contributed by atoms with Gasteiger partial charge in [0.2, 0.25) is 0 Å². The van der Waals surface area contributed by atoms with Gasteiger partial charge >= 0.3 is 12.3 Å². The topological polar surface area (TPSA) is 26.3 Å². The summed E-state index contributed by atoms with van der Waals surface area (Å²) in [5, 5.41) is 0. The van der Waals surface area contributed by atoms with E-state index < -0.39 is 12.3 Å². The minimum atomic E-state index is -4.97. The van der Waals surface area contributed by atoms with Crippen LogP contribution in [0.4, 0.5) is 13.2 Å². The number of carbonyl (C=O) groups excluding carboxylic acids is 1. The first-order valence-electron chi connectivity index (χ1n) is 6.79. The summed E-state index contributed by atoms with van der Waals surface area (Å²) in [6.07, 6.45) is -3.86. The third-order valence-corrected chi connectivity index (χ3v) is 3.37. The van der Waals surface area contributed by atoms with Gasteiger partial charge in [0, 0.05) is 0 Å². The lowest BCUT2D eigenvalue weighted by molar-refractivity contribution is -0.291. The summed E-state index contributed by atoms with van der Waals surface area (Å²) >= 11 is 0. The number of aryl methyl sites for hydroxylation is 3. The molecule has 0 saturated heterocycles. The van der Waals surface area contributed by atoms with Gasteiger partial charge in [-0.25, -0.2) is 4.79 Å². The average molecular weight is 308 g/mol. The maximum Gasteiger partial charge on any atom is 0.575 e. The van der Waals surface area contributed by atoms with E-state index in [2.05, 4.69) is 4.74 Å². The second-order valence-corrected chi connectivity index (χ2v) is 4.92. The Labute approximate surface area is 126 Å². The fraction of sp³-hybridized carbons (Fsp3) is 0.235. The molecule has 0 radical (unpaired) electrons. The van der Waals surface area contributed by atoms with Gasteiger partial charge in [-0.1, -0.05) is 42.5 Å². The fourth-order valence-corrected chi connectivity index (χ4v) is 2.26. The number of hydrogen-bond donors (Lipinski definition) is 0. The zero-order chi connectivity index (χ0) is 16.2. The van der Waals surface area contributed by atoms with Crippen LogP contribution in [0.3, 0.4) is 0 Å². The van der Waals surface area contributed by atoms with E-state index in [9.17, 15) is 18.0 Å². The van der Waals surface area contributed by atoms with Crippen molar-refractivity contribution in [2.45, 2.75) is 26.1 Å². The number of alkyl halides is 3. The summed E-state index contributed by atoms with van der Waals surface area (Å²) in [6, 6.07) is 14.0. The molecule has 0 fully saturated rings. The largest absolute Gasteiger partial charge is 0.575 e. The first-order chi connectivity index (χ1) is 10.4. The average Bonchev–Trinajstić information content (AvgIpc) is 2.45. The first-order valence-corrected chi connectivity index (χ1v) is 6.79. The number of halogens is 3. The summed E-state index contributed by atoms with van der Waals surface area (Å²) in [7, 11) is 0. The summed E-state index contributed by atoms with van der Waals surface area (Å²) < 4.78 is 40.1. The van der Waals surface area contributed by atoms with Gasteiger partial charge in [0.15, 0.2) is 0 Å². The third-order valence-electron chi connectivity index (χ3n) is 3.37. The molecule has 5 heteroatoms. The Morgan fingerprint density at radius 1 is 0.955 bits per heavy atom. The fourth-order valence-electron chi connectivity index (χ4n) is 2.26. The molecular formula is C17H15F3O2. The van der Waals surface area contributed by atoms with Gasteiger partial charge in [-0.2, -0.15) is 0 Å². The van der Waals surface area contributed by atoms with Gasteiger partial charge in [0.1, 0.15) is 0 Å². The zero-order valence-electron chi connectivity index (χ0n) is 12.0. The number of hydrogen-bond acceptors (Lipinski definition) is 2. The Bertz CT molecular complexity index is 663. The van der Waals surface area contributed by atoms with E-state index in [1.807, 2.05) is 31.2 Å². The summed E-state index contributed by atoms with van der Waals surface area (Å²) in [5.74, 6) is -1.37. The maximum atomic E-state index is 12.2. The quantitative estimate of drug-likeness (QED) is 0.780. The first kappa shape index (κ1) is 16.1. The second kappa shape index (κ2) is 6.64. The second-order valence-electron chi connectivity index (χ2n) is 4.92. The van der Waals surface area contributed by atoms with Crippen molar-refractivity contribution in [3.63, 3.8) is 0 Å². The van der Waals surface area contributed by atoms with Crippen molar-refractivity contribution in [1.82, 2.24) is 0 Å². The number of carbonyl (C=O) groups is 1. The van der Waals surface area contributed by atoms with Crippen LogP contribution < -0.4 is 0 Å². The van der Waals surface area contributed by atoms with Crippen LogP contribution in [-0.4, -0.2) is 12.3 Å². The third kappa shape index (κ3) is 4.35. The molecule has 0 aliphatic carbocycles. The molecule has 0 aliphatic rings. The Morgan fingerprint density at radius 3 is 2.14 bits per heavy atom. The molecule has 2 aromatic carbocycles. The van der Waals surface area contributed by atoms with Gasteiger partial charge < -0.3 is 4.74 Å². The number of ether oxygens (including phenoxy) is 1. The molecule has 2 rings (SSSR count). The lowest BCUT2D eigenvalue weighted by Crippen LogP contribution is -2.20. The molecule has 0 amide bonds. The van der Waals surface area contributed by atoms with E-state index in [0.717, 1.165) is 11.1 Å². The van der Waals surface area contributed by atoms with Crippen LogP contribution in [0.25, 0.3) is 0 Å². The molecule has 2 aromatic rings. The minimum Gasteiger partial charge on any atom is -0.369 e. The van der Waals surface area contributed by atoms with Crippen LogP contribution in [-0.2, 0) is 17.6 Å². The predicted molar refractivity (Wildman–Crippen MR) is 76.5 cm³/mol. The minimum absolute atomic E-state index is 0.0478. The zero-order valence-corrected chi connectivity index (χ0v) is 12.0. The highest BCUT2D eigenvalue weighted by Crippen LogP contribution is 2.21. The summed E-state index contributed by atoms with van der Waals surface area (Å²) in [5.41, 5.74) is 2.70. The van der Waals surface area contributed by atoms with Gasteiger partial charge in [0.25, 0.3) is 0 Å². The molecule has 0 heterocycles. The van der Waals surface area contributed by atoms with Crippen LogP contribution in [0.5, 0.6) is 0 Å². The van der Waals surface area contributed by atoms with E-state index >= 15 is 0 Å². The molecule has 116 valence electrons. The Balaban J connectivity index is 2.15. The van der Waals surface area contributed by atoms with Gasteiger partial charge in [-0.3, -0.25) is 0 Å². The van der Waals surface area contributed by atoms with E-state index in [4.69, 9.17) is 0 Å². The SMILES string of the molecule is Cc1ccccc1CCc1ccccc1C(=O)OC(F)(F)F. The lowest BCUT2D eigenvalue weighted by atomic mass is 9.97. The van der Waals surface area contributed by atoms with Crippen molar-refractivity contribution < 1.29 is 22.7 Å². The van der Waals surface area contributed by atoms with Crippen LogP contribution >= 0.6 is 0 Å². The molecular weight excluding hydrogens is 293 g/mol. The summed E-state index contributed by atoms with van der Waals surface area (Å²) in [6.45, 7) is 1.97. The molecule has 0 spiro atoms. The van der Waals surface area contributed by atoms with Crippen molar-refractivity contribution in [3.05, 3.63) is 70.8 Å². The van der Waals surface area contributed by atoms with Crippen molar-refractivity contribution in [3.8, 4) is 0 Å². The normalized spacial score (nSPS) is 11.3. The van der Waals surface area contributed by atoms with E-state index in [1.165, 1.54) is 12.1 Å². The monoisotopic (exact) mass is 308 g/mol. The Morgan fingerprint density at radius 2 is 1.50 bits per heavy atom. The molecule has 0 saturated carbocycles.